The molecule has 2 aromatic rings. The zero-order chi connectivity index (χ0) is 12.5. The molecule has 1 saturated heterocycles. The fourth-order valence-corrected chi connectivity index (χ4v) is 2.67. The van der Waals surface area contributed by atoms with Crippen LogP contribution in [0.4, 0.5) is 0 Å². The maximum Gasteiger partial charge on any atom is 0.233 e. The van der Waals surface area contributed by atoms with Crippen LogP contribution in [-0.2, 0) is 4.79 Å². The van der Waals surface area contributed by atoms with Gasteiger partial charge in [0.25, 0.3) is 0 Å². The molecule has 1 aliphatic rings. The first-order valence-electron chi connectivity index (χ1n) is 5.76. The second-order valence-electron chi connectivity index (χ2n) is 4.30. The van der Waals surface area contributed by atoms with Crippen LogP contribution in [0.15, 0.2) is 29.4 Å². The van der Waals surface area contributed by atoms with Gasteiger partial charge in [-0.15, -0.1) is 0 Å². The second kappa shape index (κ2) is 4.62. The molecule has 6 heteroatoms. The number of aromatic nitrogens is 2. The molecule has 0 saturated carbocycles. The van der Waals surface area contributed by atoms with Gasteiger partial charge in [-0.3, -0.25) is 4.79 Å². The lowest BCUT2D eigenvalue weighted by Gasteiger charge is -2.35. The van der Waals surface area contributed by atoms with Crippen LogP contribution in [0.2, 0.25) is 0 Å². The molecule has 1 amide bonds. The Hall–Kier alpha value is -1.53. The average Bonchev–Trinajstić information content (AvgIpc) is 2.74. The smallest absolute Gasteiger partial charge is 0.233 e. The number of amides is 1. The van der Waals surface area contributed by atoms with E-state index in [1.54, 1.807) is 4.90 Å². The summed E-state index contributed by atoms with van der Waals surface area (Å²) in [4.78, 5) is 20.9. The van der Waals surface area contributed by atoms with E-state index in [0.717, 1.165) is 16.2 Å². The predicted octanol–water partition coefficient (Wildman–Crippen LogP) is 0.858. The van der Waals surface area contributed by atoms with Gasteiger partial charge < -0.3 is 15.0 Å². The second-order valence-corrected chi connectivity index (χ2v) is 5.26. The molecule has 3 rings (SSSR count). The summed E-state index contributed by atoms with van der Waals surface area (Å²) in [6.07, 6.45) is -0.342. The molecule has 1 aromatic heterocycles. The number of fused-ring (bicyclic) bond motifs is 1. The number of likely N-dealkylation sites (tertiary alicyclic amines) is 1. The van der Waals surface area contributed by atoms with Crippen LogP contribution in [0.1, 0.15) is 0 Å². The number of imidazole rings is 1. The number of H-pyrrole nitrogens is 1. The average molecular weight is 263 g/mol. The molecule has 5 nitrogen and oxygen atoms in total. The molecule has 0 spiro atoms. The van der Waals surface area contributed by atoms with Gasteiger partial charge in [0.2, 0.25) is 5.91 Å². The topological polar surface area (TPSA) is 69.2 Å². The van der Waals surface area contributed by atoms with Crippen molar-refractivity contribution in [3.63, 3.8) is 0 Å². The third-order valence-corrected chi connectivity index (χ3v) is 3.77. The third kappa shape index (κ3) is 2.21. The molecule has 1 aromatic carbocycles. The molecule has 0 radical (unpaired) electrons. The Kier molecular flexibility index (Phi) is 2.97. The Morgan fingerprint density at radius 3 is 3.00 bits per heavy atom. The van der Waals surface area contributed by atoms with E-state index in [1.807, 2.05) is 24.3 Å². The normalized spacial score (nSPS) is 15.9. The first-order chi connectivity index (χ1) is 8.72. The summed E-state index contributed by atoms with van der Waals surface area (Å²) in [5.74, 6) is 0.401. The van der Waals surface area contributed by atoms with Gasteiger partial charge in [-0.1, -0.05) is 23.9 Å². The summed E-state index contributed by atoms with van der Waals surface area (Å²) < 4.78 is 0. The molecular formula is C12H13N3O2S. The molecular weight excluding hydrogens is 250 g/mol. The number of nitrogens with one attached hydrogen (secondary N) is 1. The van der Waals surface area contributed by atoms with Crippen LogP contribution in [0, 0.1) is 0 Å². The summed E-state index contributed by atoms with van der Waals surface area (Å²) in [7, 11) is 0. The number of hydrogen-bond acceptors (Lipinski definition) is 4. The van der Waals surface area contributed by atoms with Crippen molar-refractivity contribution >= 4 is 28.7 Å². The van der Waals surface area contributed by atoms with E-state index in [2.05, 4.69) is 9.97 Å². The van der Waals surface area contributed by atoms with Gasteiger partial charge in [-0.25, -0.2) is 4.98 Å². The zero-order valence-corrected chi connectivity index (χ0v) is 10.5. The number of benzene rings is 1. The van der Waals surface area contributed by atoms with Crippen molar-refractivity contribution in [1.82, 2.24) is 14.9 Å². The van der Waals surface area contributed by atoms with Crippen LogP contribution in [-0.4, -0.2) is 50.8 Å². The molecule has 94 valence electrons. The van der Waals surface area contributed by atoms with Crippen LogP contribution >= 0.6 is 11.8 Å². The Bertz CT molecular complexity index is 544. The Labute approximate surface area is 108 Å². The van der Waals surface area contributed by atoms with E-state index >= 15 is 0 Å². The van der Waals surface area contributed by atoms with Crippen molar-refractivity contribution in [1.29, 1.82) is 0 Å². The quantitative estimate of drug-likeness (QED) is 0.806. The van der Waals surface area contributed by atoms with Crippen LogP contribution < -0.4 is 0 Å². The number of nitrogens with zero attached hydrogens (tertiary/aromatic N) is 2. The molecule has 2 heterocycles. The summed E-state index contributed by atoms with van der Waals surface area (Å²) >= 11 is 1.39. The highest BCUT2D eigenvalue weighted by molar-refractivity contribution is 7.99. The van der Waals surface area contributed by atoms with E-state index in [4.69, 9.17) is 5.11 Å². The lowest BCUT2D eigenvalue weighted by molar-refractivity contribution is -0.138. The van der Waals surface area contributed by atoms with Crippen molar-refractivity contribution < 1.29 is 9.90 Å². The molecule has 0 atom stereocenters. The van der Waals surface area contributed by atoms with E-state index < -0.39 is 0 Å². The maximum absolute atomic E-state index is 11.7. The van der Waals surface area contributed by atoms with Gasteiger partial charge in [0.05, 0.1) is 22.9 Å². The summed E-state index contributed by atoms with van der Waals surface area (Å²) in [5.41, 5.74) is 1.89. The molecule has 0 aliphatic carbocycles. The first-order valence-corrected chi connectivity index (χ1v) is 6.74. The van der Waals surface area contributed by atoms with Gasteiger partial charge in [0, 0.05) is 13.1 Å². The molecule has 1 aliphatic heterocycles. The van der Waals surface area contributed by atoms with Crippen molar-refractivity contribution in [2.24, 2.45) is 0 Å². The maximum atomic E-state index is 11.7. The minimum atomic E-state index is -0.342. The number of para-hydroxylation sites is 2. The van der Waals surface area contributed by atoms with Crippen molar-refractivity contribution in [2.75, 3.05) is 18.8 Å². The summed E-state index contributed by atoms with van der Waals surface area (Å²) in [6.45, 7) is 0.916. The summed E-state index contributed by atoms with van der Waals surface area (Å²) in [6, 6.07) is 7.77. The number of carbonyl (C=O) groups is 1. The standard InChI is InChI=1S/C12H13N3O2S/c16-8-5-15(6-8)11(17)7-18-12-13-9-3-1-2-4-10(9)14-12/h1-4,8,16H,5-7H2,(H,13,14). The highest BCUT2D eigenvalue weighted by atomic mass is 32.2. The van der Waals surface area contributed by atoms with Gasteiger partial charge >= 0.3 is 0 Å². The Morgan fingerprint density at radius 2 is 2.28 bits per heavy atom. The highest BCUT2D eigenvalue weighted by Gasteiger charge is 2.28. The van der Waals surface area contributed by atoms with E-state index in [1.165, 1.54) is 11.8 Å². The number of aromatic amines is 1. The van der Waals surface area contributed by atoms with Gasteiger partial charge in [0.1, 0.15) is 0 Å². The number of carbonyl (C=O) groups excluding carboxylic acids is 1. The van der Waals surface area contributed by atoms with Crippen LogP contribution in [0.3, 0.4) is 0 Å². The minimum Gasteiger partial charge on any atom is -0.389 e. The number of aliphatic hydroxyl groups excluding tert-OH is 1. The number of β-amino-alcohol motifs (C(OH)–C–C–N with tert-alkyl or cyclic N) is 1. The fourth-order valence-electron chi connectivity index (χ4n) is 1.88. The number of thioether (sulfide) groups is 1. The molecule has 2 N–H and O–H groups in total. The number of hydrogen-bond donors (Lipinski definition) is 2. The lowest BCUT2D eigenvalue weighted by atomic mass is 10.2. The fraction of sp³-hybridized carbons (Fsp3) is 0.333. The zero-order valence-electron chi connectivity index (χ0n) is 9.67. The third-order valence-electron chi connectivity index (χ3n) is 2.91. The number of rotatable bonds is 3. The molecule has 0 unspecified atom stereocenters. The van der Waals surface area contributed by atoms with Gasteiger partial charge in [0.15, 0.2) is 5.16 Å². The number of aliphatic hydroxyl groups is 1. The van der Waals surface area contributed by atoms with E-state index in [9.17, 15) is 4.79 Å². The summed E-state index contributed by atoms with van der Waals surface area (Å²) in [5, 5.41) is 9.88. The monoisotopic (exact) mass is 263 g/mol. The van der Waals surface area contributed by atoms with Crippen molar-refractivity contribution in [3.05, 3.63) is 24.3 Å². The Balaban J connectivity index is 1.61. The highest BCUT2D eigenvalue weighted by Crippen LogP contribution is 2.20. The van der Waals surface area contributed by atoms with E-state index in [-0.39, 0.29) is 12.0 Å². The van der Waals surface area contributed by atoms with Gasteiger partial charge in [-0.05, 0) is 12.1 Å². The van der Waals surface area contributed by atoms with Gasteiger partial charge in [-0.2, -0.15) is 0 Å². The molecule has 0 bridgehead atoms. The van der Waals surface area contributed by atoms with Crippen molar-refractivity contribution in [2.45, 2.75) is 11.3 Å². The van der Waals surface area contributed by atoms with E-state index in [0.29, 0.717) is 18.8 Å². The largest absolute Gasteiger partial charge is 0.389 e. The molecule has 18 heavy (non-hydrogen) atoms. The molecule has 1 fully saturated rings. The predicted molar refractivity (Wildman–Crippen MR) is 69.4 cm³/mol. The van der Waals surface area contributed by atoms with Crippen LogP contribution in [0.5, 0.6) is 0 Å². The first kappa shape index (κ1) is 11.6. The minimum absolute atomic E-state index is 0.0470. The Morgan fingerprint density at radius 1 is 1.50 bits per heavy atom. The lowest BCUT2D eigenvalue weighted by Crippen LogP contribution is -2.54. The van der Waals surface area contributed by atoms with Crippen LogP contribution in [0.25, 0.3) is 11.0 Å². The van der Waals surface area contributed by atoms with Crippen molar-refractivity contribution in [3.8, 4) is 0 Å². The SMILES string of the molecule is O=C(CSc1nc2ccccc2[nH]1)N1CC(O)C1.